The third kappa shape index (κ3) is 0.988. The van der Waals surface area contributed by atoms with Gasteiger partial charge in [-0.3, -0.25) is 4.79 Å². The van der Waals surface area contributed by atoms with Crippen LogP contribution in [-0.2, 0) is 4.79 Å². The first kappa shape index (κ1) is 6.01. The molecule has 1 aliphatic rings. The third-order valence-corrected chi connectivity index (χ3v) is 1.24. The maximum Gasteiger partial charge on any atom is 0.217 e. The van der Waals surface area contributed by atoms with Gasteiger partial charge in [-0.25, -0.2) is 4.99 Å². The monoisotopic (exact) mass is 125 g/mol. The number of hydrogen-bond acceptors (Lipinski definition) is 3. The van der Waals surface area contributed by atoms with Crippen molar-refractivity contribution in [3.8, 4) is 0 Å². The summed E-state index contributed by atoms with van der Waals surface area (Å²) < 4.78 is 0. The molecule has 0 aromatic rings. The SMILES string of the molecule is CC1=C(O)N=CCC1=O. The zero-order valence-corrected chi connectivity index (χ0v) is 5.09. The van der Waals surface area contributed by atoms with Gasteiger partial charge in [-0.1, -0.05) is 0 Å². The van der Waals surface area contributed by atoms with Crippen molar-refractivity contribution in [1.29, 1.82) is 0 Å². The lowest BCUT2D eigenvalue weighted by Crippen LogP contribution is -2.07. The van der Waals surface area contributed by atoms with Crippen LogP contribution in [0.4, 0.5) is 0 Å². The first-order valence-electron chi connectivity index (χ1n) is 2.67. The van der Waals surface area contributed by atoms with E-state index in [0.717, 1.165) is 0 Å². The lowest BCUT2D eigenvalue weighted by atomic mass is 10.1. The number of Topliss-reactive ketones (excluding diaryl/α,β-unsaturated/α-hetero) is 1. The van der Waals surface area contributed by atoms with E-state index < -0.39 is 0 Å². The molecule has 0 aromatic heterocycles. The zero-order valence-electron chi connectivity index (χ0n) is 5.09. The molecule has 3 nitrogen and oxygen atoms in total. The summed E-state index contributed by atoms with van der Waals surface area (Å²) in [6, 6.07) is 0. The van der Waals surface area contributed by atoms with Crippen molar-refractivity contribution < 1.29 is 9.90 Å². The van der Waals surface area contributed by atoms with E-state index in [4.69, 9.17) is 5.11 Å². The number of aliphatic imine (C=N–C) groups is 1. The number of ketones is 1. The molecule has 0 unspecified atom stereocenters. The molecule has 48 valence electrons. The lowest BCUT2D eigenvalue weighted by Gasteiger charge is -2.02. The highest BCUT2D eigenvalue weighted by Crippen LogP contribution is 2.08. The lowest BCUT2D eigenvalue weighted by molar-refractivity contribution is -0.114. The molecule has 0 aromatic carbocycles. The van der Waals surface area contributed by atoms with E-state index in [-0.39, 0.29) is 11.7 Å². The average Bonchev–Trinajstić information content (AvgIpc) is 1.83. The molecule has 1 N–H and O–H groups in total. The van der Waals surface area contributed by atoms with Gasteiger partial charge in [0.05, 0.1) is 5.57 Å². The van der Waals surface area contributed by atoms with Crippen LogP contribution in [0.2, 0.25) is 0 Å². The summed E-state index contributed by atoms with van der Waals surface area (Å²) in [6.45, 7) is 1.56. The number of aliphatic hydroxyl groups is 1. The molecule has 1 rings (SSSR count). The Hall–Kier alpha value is -1.12. The van der Waals surface area contributed by atoms with Crippen molar-refractivity contribution in [1.82, 2.24) is 0 Å². The van der Waals surface area contributed by atoms with Gasteiger partial charge in [-0.05, 0) is 6.92 Å². The van der Waals surface area contributed by atoms with Crippen LogP contribution < -0.4 is 0 Å². The Morgan fingerprint density at radius 1 is 1.78 bits per heavy atom. The number of allylic oxidation sites excluding steroid dienone is 1. The van der Waals surface area contributed by atoms with Crippen LogP contribution in [0.5, 0.6) is 0 Å². The van der Waals surface area contributed by atoms with E-state index in [9.17, 15) is 4.79 Å². The van der Waals surface area contributed by atoms with E-state index in [1.54, 1.807) is 6.92 Å². The highest BCUT2D eigenvalue weighted by molar-refractivity contribution is 6.04. The Morgan fingerprint density at radius 2 is 2.44 bits per heavy atom. The molecule has 1 aliphatic heterocycles. The Morgan fingerprint density at radius 3 is 2.89 bits per heavy atom. The predicted octanol–water partition coefficient (Wildman–Crippen LogP) is 0.820. The van der Waals surface area contributed by atoms with Crippen LogP contribution in [0, 0.1) is 0 Å². The quantitative estimate of drug-likeness (QED) is 0.521. The second-order valence-corrected chi connectivity index (χ2v) is 1.89. The molecule has 0 saturated carbocycles. The second-order valence-electron chi connectivity index (χ2n) is 1.89. The predicted molar refractivity (Wildman–Crippen MR) is 33.4 cm³/mol. The van der Waals surface area contributed by atoms with Crippen molar-refractivity contribution in [3.63, 3.8) is 0 Å². The molecule has 0 spiro atoms. The molecular weight excluding hydrogens is 118 g/mol. The minimum atomic E-state index is -0.147. The molecule has 0 amide bonds. The van der Waals surface area contributed by atoms with E-state index in [1.165, 1.54) is 6.21 Å². The highest BCUT2D eigenvalue weighted by Gasteiger charge is 2.11. The smallest absolute Gasteiger partial charge is 0.217 e. The van der Waals surface area contributed by atoms with Gasteiger partial charge in [-0.2, -0.15) is 0 Å². The fraction of sp³-hybridized carbons (Fsp3) is 0.333. The van der Waals surface area contributed by atoms with Crippen LogP contribution in [-0.4, -0.2) is 17.1 Å². The summed E-state index contributed by atoms with van der Waals surface area (Å²) in [7, 11) is 0. The van der Waals surface area contributed by atoms with Gasteiger partial charge in [-0.15, -0.1) is 0 Å². The van der Waals surface area contributed by atoms with Gasteiger partial charge in [0.25, 0.3) is 0 Å². The minimum Gasteiger partial charge on any atom is -0.493 e. The highest BCUT2D eigenvalue weighted by atomic mass is 16.3. The largest absolute Gasteiger partial charge is 0.493 e. The molecule has 0 radical (unpaired) electrons. The number of aliphatic hydroxyl groups excluding tert-OH is 1. The summed E-state index contributed by atoms with van der Waals surface area (Å²) in [5.41, 5.74) is 0.359. The van der Waals surface area contributed by atoms with Crippen LogP contribution in [0.25, 0.3) is 0 Å². The Bertz CT molecular complexity index is 203. The van der Waals surface area contributed by atoms with Gasteiger partial charge in [0.15, 0.2) is 5.78 Å². The topological polar surface area (TPSA) is 49.7 Å². The van der Waals surface area contributed by atoms with Crippen molar-refractivity contribution in [2.75, 3.05) is 0 Å². The third-order valence-electron chi connectivity index (χ3n) is 1.24. The van der Waals surface area contributed by atoms with Gasteiger partial charge in [0.1, 0.15) is 0 Å². The number of rotatable bonds is 0. The van der Waals surface area contributed by atoms with E-state index in [0.29, 0.717) is 12.0 Å². The minimum absolute atomic E-state index is 0.0532. The normalized spacial score (nSPS) is 19.0. The summed E-state index contributed by atoms with van der Waals surface area (Å²) in [6.07, 6.45) is 1.72. The Kier molecular flexibility index (Phi) is 1.34. The van der Waals surface area contributed by atoms with Crippen molar-refractivity contribution in [2.45, 2.75) is 13.3 Å². The van der Waals surface area contributed by atoms with Crippen LogP contribution in [0.3, 0.4) is 0 Å². The summed E-state index contributed by atoms with van der Waals surface area (Å²) in [5, 5.41) is 8.81. The van der Waals surface area contributed by atoms with Crippen LogP contribution in [0.15, 0.2) is 16.4 Å². The van der Waals surface area contributed by atoms with Gasteiger partial charge < -0.3 is 5.11 Å². The number of nitrogens with zero attached hydrogens (tertiary/aromatic N) is 1. The van der Waals surface area contributed by atoms with Crippen LogP contribution in [0.1, 0.15) is 13.3 Å². The molecule has 9 heavy (non-hydrogen) atoms. The molecule has 1 heterocycles. The number of carbonyl (C=O) groups excluding carboxylic acids is 1. The Labute approximate surface area is 52.7 Å². The van der Waals surface area contributed by atoms with Gasteiger partial charge in [0.2, 0.25) is 5.88 Å². The first-order valence-corrected chi connectivity index (χ1v) is 2.67. The maximum atomic E-state index is 10.7. The van der Waals surface area contributed by atoms with Crippen molar-refractivity contribution in [2.24, 2.45) is 4.99 Å². The Balaban J connectivity index is 2.97. The molecule has 0 aliphatic carbocycles. The molecule has 0 atom stereocenters. The first-order chi connectivity index (χ1) is 4.22. The van der Waals surface area contributed by atoms with Crippen molar-refractivity contribution >= 4 is 12.0 Å². The maximum absolute atomic E-state index is 10.7. The van der Waals surface area contributed by atoms with Crippen molar-refractivity contribution in [3.05, 3.63) is 11.5 Å². The second kappa shape index (κ2) is 2.01. The summed E-state index contributed by atoms with van der Waals surface area (Å²) >= 11 is 0. The van der Waals surface area contributed by atoms with Crippen LogP contribution >= 0.6 is 0 Å². The average molecular weight is 125 g/mol. The molecule has 0 fully saturated rings. The molecular formula is C6H7NO2. The van der Waals surface area contributed by atoms with Gasteiger partial charge >= 0.3 is 0 Å². The zero-order chi connectivity index (χ0) is 6.85. The standard InChI is InChI=1S/C6H7NO2/c1-4-5(8)2-3-7-6(4)9/h3,9H,2H2,1H3. The summed E-state index contributed by atoms with van der Waals surface area (Å²) in [4.78, 5) is 14.2. The molecule has 0 saturated heterocycles. The summed E-state index contributed by atoms with van der Waals surface area (Å²) in [5.74, 6) is -0.200. The number of hydrogen-bond donors (Lipinski definition) is 1. The van der Waals surface area contributed by atoms with Gasteiger partial charge in [0, 0.05) is 12.6 Å². The van der Waals surface area contributed by atoms with E-state index >= 15 is 0 Å². The number of carbonyl (C=O) groups is 1. The fourth-order valence-electron chi connectivity index (χ4n) is 0.590. The fourth-order valence-corrected chi connectivity index (χ4v) is 0.590. The molecule has 3 heteroatoms. The molecule has 0 bridgehead atoms. The van der Waals surface area contributed by atoms with E-state index in [1.807, 2.05) is 0 Å². The van der Waals surface area contributed by atoms with E-state index in [2.05, 4.69) is 4.99 Å².